The van der Waals surface area contributed by atoms with E-state index in [0.29, 0.717) is 6.54 Å². The largest absolute Gasteiger partial charge is 0.328 e. The summed E-state index contributed by atoms with van der Waals surface area (Å²) in [6.45, 7) is 2.43. The highest BCUT2D eigenvalue weighted by atomic mass is 16.2. The Morgan fingerprint density at radius 1 is 0.971 bits per heavy atom. The fraction of sp³-hybridized carbons (Fsp3) is 0.821. The summed E-state index contributed by atoms with van der Waals surface area (Å²) in [7, 11) is 1.70. The molecule has 4 aliphatic rings. The van der Waals surface area contributed by atoms with Crippen LogP contribution in [0, 0.1) is 5.92 Å². The summed E-state index contributed by atoms with van der Waals surface area (Å²) in [5, 5.41) is 3.80. The molecule has 6 nitrogen and oxygen atoms in total. The lowest BCUT2D eigenvalue weighted by Gasteiger charge is -2.42. The third-order valence-corrected chi connectivity index (χ3v) is 9.29. The Kier molecular flexibility index (Phi) is 8.16. The topological polar surface area (TPSA) is 69.7 Å². The number of piperidine rings is 1. The maximum Gasteiger partial charge on any atom is 0.328 e. The number of nitrogens with one attached hydrogen (secondary N) is 1. The number of ketones is 1. The van der Waals surface area contributed by atoms with Crippen LogP contribution in [0.2, 0.25) is 0 Å². The number of hydrogen-bond acceptors (Lipinski definition) is 4. The van der Waals surface area contributed by atoms with E-state index < -0.39 is 5.54 Å². The van der Waals surface area contributed by atoms with Crippen molar-refractivity contribution in [3.05, 3.63) is 11.6 Å². The van der Waals surface area contributed by atoms with Crippen LogP contribution in [0.25, 0.3) is 0 Å². The molecule has 0 aromatic rings. The highest BCUT2D eigenvalue weighted by molar-refractivity contribution is 6.10. The molecule has 1 saturated carbocycles. The molecule has 0 aromatic carbocycles. The first-order valence-corrected chi connectivity index (χ1v) is 13.9. The number of carbonyl (C=O) groups is 3. The molecule has 2 atom stereocenters. The van der Waals surface area contributed by atoms with Crippen LogP contribution >= 0.6 is 0 Å². The summed E-state index contributed by atoms with van der Waals surface area (Å²) in [6.07, 6.45) is 21.0. The van der Waals surface area contributed by atoms with Crippen molar-refractivity contribution in [2.75, 3.05) is 20.1 Å². The van der Waals surface area contributed by atoms with Gasteiger partial charge in [-0.25, -0.2) is 4.79 Å². The van der Waals surface area contributed by atoms with Gasteiger partial charge in [-0.2, -0.15) is 0 Å². The normalized spacial score (nSPS) is 31.4. The molecule has 1 spiro atoms. The molecule has 0 aromatic heterocycles. The van der Waals surface area contributed by atoms with Gasteiger partial charge in [0.25, 0.3) is 5.91 Å². The number of hydrogen-bond donors (Lipinski definition) is 1. The average molecular weight is 472 g/mol. The fourth-order valence-corrected chi connectivity index (χ4v) is 6.72. The maximum atomic E-state index is 13.4. The van der Waals surface area contributed by atoms with Crippen LogP contribution in [0.3, 0.4) is 0 Å². The van der Waals surface area contributed by atoms with E-state index in [1.165, 1.54) is 69.1 Å². The van der Waals surface area contributed by atoms with Crippen molar-refractivity contribution in [1.29, 1.82) is 0 Å². The van der Waals surface area contributed by atoms with E-state index in [0.717, 1.165) is 44.1 Å². The van der Waals surface area contributed by atoms with Gasteiger partial charge in [-0.05, 0) is 63.9 Å². The minimum atomic E-state index is -0.943. The van der Waals surface area contributed by atoms with E-state index in [2.05, 4.69) is 11.4 Å². The number of likely N-dealkylation sites (N-methyl/N-ethyl adjacent to an activating group) is 1. The van der Waals surface area contributed by atoms with Crippen LogP contribution in [0.5, 0.6) is 0 Å². The lowest BCUT2D eigenvalue weighted by molar-refractivity contribution is -0.135. The molecule has 1 N–H and O–H groups in total. The van der Waals surface area contributed by atoms with Crippen molar-refractivity contribution < 1.29 is 14.4 Å². The molecule has 34 heavy (non-hydrogen) atoms. The maximum absolute atomic E-state index is 13.4. The van der Waals surface area contributed by atoms with E-state index in [1.807, 2.05) is 6.92 Å². The Balaban J connectivity index is 1.36. The highest BCUT2D eigenvalue weighted by Gasteiger charge is 2.55. The molecule has 2 aliphatic heterocycles. The first-order valence-electron chi connectivity index (χ1n) is 13.9. The summed E-state index contributed by atoms with van der Waals surface area (Å²) in [4.78, 5) is 42.5. The molecule has 190 valence electrons. The fourth-order valence-electron chi connectivity index (χ4n) is 6.72. The number of carbonyl (C=O) groups excluding carboxylic acids is 3. The zero-order chi connectivity index (χ0) is 24.2. The van der Waals surface area contributed by atoms with Crippen molar-refractivity contribution in [1.82, 2.24) is 15.1 Å². The van der Waals surface area contributed by atoms with Gasteiger partial charge in [-0.15, -0.1) is 0 Å². The second-order valence-electron chi connectivity index (χ2n) is 11.5. The number of nitrogens with zero attached hydrogens (tertiary/aromatic N) is 2. The number of rotatable bonds is 4. The predicted octanol–water partition coefficient (Wildman–Crippen LogP) is 5.36. The Bertz CT molecular complexity index is 785. The van der Waals surface area contributed by atoms with Crippen molar-refractivity contribution in [3.63, 3.8) is 0 Å². The van der Waals surface area contributed by atoms with Gasteiger partial charge in [0.1, 0.15) is 5.54 Å². The van der Waals surface area contributed by atoms with Gasteiger partial charge in [0.15, 0.2) is 5.78 Å². The van der Waals surface area contributed by atoms with Crippen molar-refractivity contribution in [2.45, 2.75) is 121 Å². The van der Waals surface area contributed by atoms with E-state index >= 15 is 0 Å². The monoisotopic (exact) mass is 471 g/mol. The molecule has 2 saturated heterocycles. The predicted molar refractivity (Wildman–Crippen MR) is 134 cm³/mol. The van der Waals surface area contributed by atoms with E-state index in [-0.39, 0.29) is 35.7 Å². The second kappa shape index (κ2) is 10.9. The number of Topliss-reactive ketones (excluding diaryl/α,β-unsaturated/α-hetero) is 1. The Morgan fingerprint density at radius 2 is 1.62 bits per heavy atom. The van der Waals surface area contributed by atoms with Crippen LogP contribution in [0.1, 0.15) is 110 Å². The van der Waals surface area contributed by atoms with Crippen LogP contribution in [-0.4, -0.2) is 58.7 Å². The molecule has 6 heteroatoms. The molecule has 4 rings (SSSR count). The Hall–Kier alpha value is -1.69. The highest BCUT2D eigenvalue weighted by Crippen LogP contribution is 2.38. The molecular formula is C28H45N3O3. The first kappa shape index (κ1) is 25.4. The van der Waals surface area contributed by atoms with E-state index in [4.69, 9.17) is 0 Å². The third-order valence-electron chi connectivity index (χ3n) is 9.29. The minimum absolute atomic E-state index is 0.0241. The van der Waals surface area contributed by atoms with E-state index in [9.17, 15) is 14.4 Å². The van der Waals surface area contributed by atoms with Gasteiger partial charge in [0.05, 0.1) is 6.54 Å². The standard InChI is InChI=1S/C28H45N3O3/c1-27(23-14-10-9-11-15-23)25(33)31(26(34)30(27)2)21-24(32)22-16-19-28(29-20-22)17-12-7-5-3-4-6-8-13-18-28/h14,22,29H,3-13,15-21H2,1-2H3. The van der Waals surface area contributed by atoms with Gasteiger partial charge >= 0.3 is 6.03 Å². The van der Waals surface area contributed by atoms with Crippen LogP contribution < -0.4 is 5.32 Å². The molecule has 3 amide bonds. The van der Waals surface area contributed by atoms with Gasteiger partial charge in [0.2, 0.25) is 0 Å². The summed E-state index contributed by atoms with van der Waals surface area (Å²) < 4.78 is 0. The van der Waals surface area contributed by atoms with Crippen LogP contribution in [-0.2, 0) is 9.59 Å². The van der Waals surface area contributed by atoms with Gasteiger partial charge in [0, 0.05) is 25.0 Å². The van der Waals surface area contributed by atoms with Crippen molar-refractivity contribution in [3.8, 4) is 0 Å². The lowest BCUT2D eigenvalue weighted by atomic mass is 9.76. The summed E-state index contributed by atoms with van der Waals surface area (Å²) >= 11 is 0. The van der Waals surface area contributed by atoms with Gasteiger partial charge in [-0.1, -0.05) is 57.4 Å². The Labute approximate surface area is 205 Å². The summed E-state index contributed by atoms with van der Waals surface area (Å²) in [5.74, 6) is -0.323. The second-order valence-corrected chi connectivity index (χ2v) is 11.5. The van der Waals surface area contributed by atoms with Crippen molar-refractivity contribution in [2.24, 2.45) is 5.92 Å². The smallest absolute Gasteiger partial charge is 0.311 e. The number of amides is 3. The zero-order valence-corrected chi connectivity index (χ0v) is 21.5. The van der Waals surface area contributed by atoms with Gasteiger partial charge in [-0.3, -0.25) is 14.5 Å². The van der Waals surface area contributed by atoms with Crippen LogP contribution in [0.15, 0.2) is 11.6 Å². The minimum Gasteiger partial charge on any atom is -0.311 e. The SMILES string of the molecule is CN1C(=O)N(CC(=O)C2CCC3(CCCCCCCCCC3)NC2)C(=O)C1(C)C1=CCCCC1. The zero-order valence-electron chi connectivity index (χ0n) is 21.5. The number of imide groups is 1. The Morgan fingerprint density at radius 3 is 2.18 bits per heavy atom. The summed E-state index contributed by atoms with van der Waals surface area (Å²) in [6, 6.07) is -0.337. The quantitative estimate of drug-likeness (QED) is 0.443. The molecule has 2 heterocycles. The van der Waals surface area contributed by atoms with Crippen molar-refractivity contribution >= 4 is 17.7 Å². The lowest BCUT2D eigenvalue weighted by Crippen LogP contribution is -2.53. The molecule has 2 aliphatic carbocycles. The number of urea groups is 1. The molecule has 2 unspecified atom stereocenters. The average Bonchev–Trinajstić information content (AvgIpc) is 3.00. The molecule has 3 fully saturated rings. The van der Waals surface area contributed by atoms with Gasteiger partial charge < -0.3 is 10.2 Å². The molecule has 0 bridgehead atoms. The third kappa shape index (κ3) is 5.12. The van der Waals surface area contributed by atoms with E-state index in [1.54, 1.807) is 11.9 Å². The first-order chi connectivity index (χ1) is 16.4. The van der Waals surface area contributed by atoms with Crippen LogP contribution in [0.4, 0.5) is 4.79 Å². The molecule has 0 radical (unpaired) electrons. The number of allylic oxidation sites excluding steroid dienone is 1. The molecular weight excluding hydrogens is 426 g/mol. The summed E-state index contributed by atoms with van der Waals surface area (Å²) in [5.41, 5.74) is 0.260.